The molecule has 0 aromatic carbocycles. The Hall–Kier alpha value is -1.89. The minimum atomic E-state index is -5.32. The van der Waals surface area contributed by atoms with Crippen molar-refractivity contribution in [1.29, 1.82) is 0 Å². The smallest absolute Gasteiger partial charge is 0.394 e. The van der Waals surface area contributed by atoms with Crippen LogP contribution in [0.4, 0.5) is 19.1 Å². The molecule has 1 aliphatic rings. The number of nitrogen functional groups attached to an aromatic ring is 1. The first-order chi connectivity index (χ1) is 17.1. The zero-order chi connectivity index (χ0) is 31.4. The van der Waals surface area contributed by atoms with Crippen LogP contribution in [0.3, 0.4) is 0 Å². The Morgan fingerprint density at radius 2 is 1.44 bits per heavy atom. The molecule has 1 saturated heterocycles. The zero-order valence-electron chi connectivity index (χ0n) is 18.3. The van der Waals surface area contributed by atoms with Gasteiger partial charge < -0.3 is 69.8 Å². The Kier molecular flexibility index (Phi) is 12.5. The highest BCUT2D eigenvalue weighted by molar-refractivity contribution is 7.45. The molecule has 0 amide bonds. The second-order valence-electron chi connectivity index (χ2n) is 6.79. The molecule has 15 N–H and O–H groups in total. The predicted octanol–water partition coefficient (Wildman–Crippen LogP) is -4.54. The molecule has 0 unspecified atom stereocenters. The van der Waals surface area contributed by atoms with E-state index in [4.69, 9.17) is 73.3 Å². The molecule has 0 aliphatic carbocycles. The molecule has 1 fully saturated rings. The zero-order valence-corrected chi connectivity index (χ0v) is 21.0. The highest BCUT2D eigenvalue weighted by Gasteiger charge is 2.70. The standard InChI is InChI=1S/C11H12F3N5O5.3H3O4P/c12-11(13,14)10(23)5(21)3(1-20)24-8(10)19-2-16-4-6(19)17-9(15)18-7(4)22;3*1-5(2,3)4/h2-3,5,8,20-21,23H,1H2,(H3,15,17,18,22);3*(H3,1,2,3,4)/t3-,5-,8-,10+;;;/m1.../s1. The lowest BCUT2D eigenvalue weighted by Crippen LogP contribution is -2.57. The van der Waals surface area contributed by atoms with E-state index in [0.717, 1.165) is 6.33 Å². The second kappa shape index (κ2) is 13.2. The third-order valence-corrected chi connectivity index (χ3v) is 3.82. The summed E-state index contributed by atoms with van der Waals surface area (Å²) in [6.45, 7) is -0.973. The number of aromatic amines is 1. The molecule has 0 saturated carbocycles. The average molecular weight is 645 g/mol. The van der Waals surface area contributed by atoms with Crippen molar-refractivity contribution in [2.24, 2.45) is 0 Å². The third kappa shape index (κ3) is 12.4. The number of ether oxygens (including phenoxy) is 1. The fraction of sp³-hybridized carbons (Fsp3) is 0.545. The van der Waals surface area contributed by atoms with E-state index in [1.165, 1.54) is 0 Å². The third-order valence-electron chi connectivity index (χ3n) is 3.82. The van der Waals surface area contributed by atoms with Crippen molar-refractivity contribution in [3.8, 4) is 0 Å². The van der Waals surface area contributed by atoms with Crippen molar-refractivity contribution in [1.82, 2.24) is 19.5 Å². The molecule has 3 rings (SSSR count). The molecular weight excluding hydrogens is 624 g/mol. The maximum atomic E-state index is 13.4. The van der Waals surface area contributed by atoms with E-state index in [9.17, 15) is 28.2 Å². The normalized spacial score (nSPS) is 23.6. The van der Waals surface area contributed by atoms with Crippen LogP contribution in [0.1, 0.15) is 6.23 Å². The minimum Gasteiger partial charge on any atom is -0.394 e. The van der Waals surface area contributed by atoms with Gasteiger partial charge in [0.2, 0.25) is 11.5 Å². The first kappa shape index (κ1) is 37.1. The van der Waals surface area contributed by atoms with Gasteiger partial charge in [0, 0.05) is 0 Å². The molecule has 22 nitrogen and oxygen atoms in total. The van der Waals surface area contributed by atoms with Gasteiger partial charge in [0.1, 0.15) is 12.2 Å². The van der Waals surface area contributed by atoms with Crippen LogP contribution in [0.25, 0.3) is 11.2 Å². The van der Waals surface area contributed by atoms with Gasteiger partial charge in [-0.15, -0.1) is 0 Å². The molecule has 2 aromatic heterocycles. The van der Waals surface area contributed by atoms with Gasteiger partial charge in [0.05, 0.1) is 12.9 Å². The predicted molar refractivity (Wildman–Crippen MR) is 113 cm³/mol. The molecule has 2 aromatic rings. The Labute approximate surface area is 211 Å². The molecule has 0 spiro atoms. The number of rotatable bonds is 2. The monoisotopic (exact) mass is 645 g/mol. The van der Waals surface area contributed by atoms with Gasteiger partial charge in [0.25, 0.3) is 5.56 Å². The van der Waals surface area contributed by atoms with E-state index in [1.54, 1.807) is 0 Å². The van der Waals surface area contributed by atoms with Crippen molar-refractivity contribution < 1.29 is 91.0 Å². The number of hydrogen-bond donors (Lipinski definition) is 14. The Morgan fingerprint density at radius 3 is 1.79 bits per heavy atom. The number of phosphoric acid groups is 3. The lowest BCUT2D eigenvalue weighted by Gasteiger charge is -2.33. The lowest BCUT2D eigenvalue weighted by molar-refractivity contribution is -0.303. The van der Waals surface area contributed by atoms with Crippen LogP contribution in [0.15, 0.2) is 11.1 Å². The van der Waals surface area contributed by atoms with Crippen molar-refractivity contribution >= 4 is 40.6 Å². The van der Waals surface area contributed by atoms with Gasteiger partial charge in [-0.1, -0.05) is 0 Å². The summed E-state index contributed by atoms with van der Waals surface area (Å²) in [4.78, 5) is 85.8. The van der Waals surface area contributed by atoms with Gasteiger partial charge >= 0.3 is 29.6 Å². The summed E-state index contributed by atoms with van der Waals surface area (Å²) in [5.74, 6) is -0.387. The quantitative estimate of drug-likeness (QED) is 0.137. The number of fused-ring (bicyclic) bond motifs is 1. The maximum absolute atomic E-state index is 13.4. The molecular formula is C11H21F3N5O17P3. The van der Waals surface area contributed by atoms with Crippen LogP contribution >= 0.6 is 23.5 Å². The molecule has 4 atom stereocenters. The number of imidazole rings is 1. The highest BCUT2D eigenvalue weighted by Crippen LogP contribution is 2.48. The largest absolute Gasteiger partial charge is 0.466 e. The summed E-state index contributed by atoms with van der Waals surface area (Å²) in [7, 11) is -13.9. The molecule has 39 heavy (non-hydrogen) atoms. The second-order valence-corrected chi connectivity index (χ2v) is 9.87. The van der Waals surface area contributed by atoms with Gasteiger partial charge in [-0.3, -0.25) is 14.3 Å². The number of aromatic nitrogens is 4. The van der Waals surface area contributed by atoms with Crippen LogP contribution < -0.4 is 11.3 Å². The first-order valence-corrected chi connectivity index (χ1v) is 13.6. The summed E-state index contributed by atoms with van der Waals surface area (Å²) in [5, 5.41) is 29.0. The number of aliphatic hydroxyl groups excluding tert-OH is 2. The van der Waals surface area contributed by atoms with Crippen molar-refractivity contribution in [2.75, 3.05) is 12.3 Å². The maximum Gasteiger partial charge on any atom is 0.466 e. The average Bonchev–Trinajstić information content (AvgIpc) is 3.17. The summed E-state index contributed by atoms with van der Waals surface area (Å²) >= 11 is 0. The van der Waals surface area contributed by atoms with Crippen LogP contribution in [-0.4, -0.2) is 109 Å². The lowest BCUT2D eigenvalue weighted by atomic mass is 9.93. The van der Waals surface area contributed by atoms with E-state index in [0.29, 0.717) is 4.57 Å². The molecule has 0 bridgehead atoms. The van der Waals surface area contributed by atoms with Gasteiger partial charge in [-0.05, 0) is 0 Å². The molecule has 1 aliphatic heterocycles. The molecule has 0 radical (unpaired) electrons. The fourth-order valence-electron chi connectivity index (χ4n) is 2.62. The van der Waals surface area contributed by atoms with E-state index < -0.39 is 65.8 Å². The van der Waals surface area contributed by atoms with E-state index in [1.807, 2.05) is 0 Å². The van der Waals surface area contributed by atoms with E-state index in [-0.39, 0.29) is 17.1 Å². The highest BCUT2D eigenvalue weighted by atomic mass is 31.2. The number of H-pyrrole nitrogens is 1. The van der Waals surface area contributed by atoms with Crippen LogP contribution in [-0.2, 0) is 18.4 Å². The summed E-state index contributed by atoms with van der Waals surface area (Å²) < 4.78 is 72.4. The topological polar surface area (TPSA) is 393 Å². The van der Waals surface area contributed by atoms with E-state index >= 15 is 0 Å². The molecule has 228 valence electrons. The van der Waals surface area contributed by atoms with Crippen molar-refractivity contribution in [3.63, 3.8) is 0 Å². The van der Waals surface area contributed by atoms with Crippen LogP contribution in [0.5, 0.6) is 0 Å². The van der Waals surface area contributed by atoms with Crippen molar-refractivity contribution in [2.45, 2.75) is 30.2 Å². The van der Waals surface area contributed by atoms with Gasteiger partial charge in [-0.2, -0.15) is 18.2 Å². The SMILES string of the molecule is Nc1nc2c(ncn2[C@@H]2O[C@H](CO)[C@@H](O)[C@@]2(O)C(F)(F)F)c(=O)[nH]1.O=P(O)(O)O.O=P(O)(O)O.O=P(O)(O)O. The number of hydrogen-bond acceptors (Lipinski definition) is 11. The number of nitrogens with one attached hydrogen (secondary N) is 1. The Bertz CT molecular complexity index is 1230. The fourth-order valence-corrected chi connectivity index (χ4v) is 2.62. The molecule has 28 heteroatoms. The number of alkyl halides is 3. The van der Waals surface area contributed by atoms with Crippen LogP contribution in [0.2, 0.25) is 0 Å². The number of aliphatic hydroxyl groups is 3. The van der Waals surface area contributed by atoms with E-state index in [2.05, 4.69) is 15.0 Å². The number of nitrogens with zero attached hydrogens (tertiary/aromatic N) is 3. The summed E-state index contributed by atoms with van der Waals surface area (Å²) in [6.07, 6.45) is -10.9. The first-order valence-electron chi connectivity index (χ1n) is 8.91. The number of nitrogens with two attached hydrogens (primary N) is 1. The summed E-state index contributed by atoms with van der Waals surface area (Å²) in [5.41, 5.74) is 0.0903. The minimum absolute atomic E-state index is 0.334. The molecule has 3 heterocycles. The Morgan fingerprint density at radius 1 is 1.03 bits per heavy atom. The van der Waals surface area contributed by atoms with Gasteiger partial charge in [0.15, 0.2) is 17.4 Å². The summed E-state index contributed by atoms with van der Waals surface area (Å²) in [6, 6.07) is 0. The van der Waals surface area contributed by atoms with Gasteiger partial charge in [-0.25, -0.2) is 18.7 Å². The number of halogens is 3. The number of anilines is 1. The van der Waals surface area contributed by atoms with Crippen molar-refractivity contribution in [3.05, 3.63) is 16.7 Å². The van der Waals surface area contributed by atoms with Crippen LogP contribution in [0, 0.1) is 0 Å². The Balaban J connectivity index is 0.000000793.